The SMILES string of the molecule is Cc1cc(C)c(N/C=C\NC2CCCCC2)c(C)c1. The Labute approximate surface area is 117 Å². The molecule has 2 rings (SSSR count). The third-order valence-corrected chi connectivity index (χ3v) is 3.93. The molecule has 1 aliphatic carbocycles. The van der Waals surface area contributed by atoms with Gasteiger partial charge < -0.3 is 10.6 Å². The Balaban J connectivity index is 1.87. The fraction of sp³-hybridized carbons (Fsp3) is 0.529. The van der Waals surface area contributed by atoms with Gasteiger partial charge in [0.25, 0.3) is 0 Å². The molecule has 1 fully saturated rings. The van der Waals surface area contributed by atoms with Gasteiger partial charge in [-0.15, -0.1) is 0 Å². The van der Waals surface area contributed by atoms with Crippen molar-refractivity contribution in [1.82, 2.24) is 5.32 Å². The van der Waals surface area contributed by atoms with Crippen LogP contribution in [-0.4, -0.2) is 6.04 Å². The summed E-state index contributed by atoms with van der Waals surface area (Å²) in [5.41, 5.74) is 5.16. The van der Waals surface area contributed by atoms with Gasteiger partial charge in [-0.25, -0.2) is 0 Å². The lowest BCUT2D eigenvalue weighted by Gasteiger charge is -2.21. The van der Waals surface area contributed by atoms with Crippen molar-refractivity contribution in [3.63, 3.8) is 0 Å². The van der Waals surface area contributed by atoms with Crippen LogP contribution in [0.2, 0.25) is 0 Å². The molecular formula is C17H26N2. The van der Waals surface area contributed by atoms with Crippen molar-refractivity contribution in [3.8, 4) is 0 Å². The molecule has 1 saturated carbocycles. The fourth-order valence-corrected chi connectivity index (χ4v) is 2.99. The fourth-order valence-electron chi connectivity index (χ4n) is 2.99. The Bertz CT molecular complexity index is 420. The monoisotopic (exact) mass is 258 g/mol. The average molecular weight is 258 g/mol. The summed E-state index contributed by atoms with van der Waals surface area (Å²) < 4.78 is 0. The molecule has 2 nitrogen and oxygen atoms in total. The molecule has 1 aromatic carbocycles. The molecule has 0 radical (unpaired) electrons. The lowest BCUT2D eigenvalue weighted by molar-refractivity contribution is 0.404. The first kappa shape index (κ1) is 14.0. The van der Waals surface area contributed by atoms with Gasteiger partial charge in [0.15, 0.2) is 0 Å². The summed E-state index contributed by atoms with van der Waals surface area (Å²) >= 11 is 0. The van der Waals surface area contributed by atoms with Crippen molar-refractivity contribution in [2.45, 2.75) is 58.9 Å². The van der Waals surface area contributed by atoms with Crippen molar-refractivity contribution in [3.05, 3.63) is 41.2 Å². The number of hydrogen-bond acceptors (Lipinski definition) is 2. The second-order valence-corrected chi connectivity index (χ2v) is 5.75. The van der Waals surface area contributed by atoms with E-state index in [1.165, 1.54) is 54.5 Å². The van der Waals surface area contributed by atoms with Gasteiger partial charge >= 0.3 is 0 Å². The minimum atomic E-state index is 0.673. The van der Waals surface area contributed by atoms with Crippen LogP contribution in [0.3, 0.4) is 0 Å². The van der Waals surface area contributed by atoms with Crippen LogP contribution in [0.25, 0.3) is 0 Å². The maximum absolute atomic E-state index is 3.50. The van der Waals surface area contributed by atoms with Crippen molar-refractivity contribution >= 4 is 5.69 Å². The predicted molar refractivity (Wildman–Crippen MR) is 83.4 cm³/mol. The Hall–Kier alpha value is -1.44. The number of rotatable bonds is 4. The number of nitrogens with one attached hydrogen (secondary N) is 2. The van der Waals surface area contributed by atoms with Gasteiger partial charge in [0.2, 0.25) is 0 Å². The van der Waals surface area contributed by atoms with Crippen LogP contribution in [0.4, 0.5) is 5.69 Å². The lowest BCUT2D eigenvalue weighted by Crippen LogP contribution is -2.26. The van der Waals surface area contributed by atoms with Crippen molar-refractivity contribution < 1.29 is 0 Å². The Morgan fingerprint density at radius 2 is 1.58 bits per heavy atom. The van der Waals surface area contributed by atoms with E-state index in [0.717, 1.165) is 0 Å². The summed E-state index contributed by atoms with van der Waals surface area (Å²) in [6.07, 6.45) is 10.9. The van der Waals surface area contributed by atoms with Crippen LogP contribution in [0.15, 0.2) is 24.5 Å². The van der Waals surface area contributed by atoms with Crippen LogP contribution in [0.5, 0.6) is 0 Å². The third-order valence-electron chi connectivity index (χ3n) is 3.93. The molecule has 0 spiro atoms. The van der Waals surface area contributed by atoms with Crippen molar-refractivity contribution in [2.24, 2.45) is 0 Å². The minimum absolute atomic E-state index is 0.673. The molecule has 2 N–H and O–H groups in total. The highest BCUT2D eigenvalue weighted by Crippen LogP contribution is 2.22. The van der Waals surface area contributed by atoms with Crippen LogP contribution in [0.1, 0.15) is 48.8 Å². The maximum Gasteiger partial charge on any atom is 0.0439 e. The zero-order valence-electron chi connectivity index (χ0n) is 12.4. The molecule has 2 heteroatoms. The van der Waals surface area contributed by atoms with E-state index in [9.17, 15) is 0 Å². The molecule has 0 aliphatic heterocycles. The van der Waals surface area contributed by atoms with Gasteiger partial charge in [0, 0.05) is 24.1 Å². The molecule has 0 saturated heterocycles. The lowest BCUT2D eigenvalue weighted by atomic mass is 9.96. The minimum Gasteiger partial charge on any atom is -0.387 e. The Kier molecular flexibility index (Phi) is 4.89. The molecule has 0 heterocycles. The summed E-state index contributed by atoms with van der Waals surface area (Å²) in [5, 5.41) is 6.90. The largest absolute Gasteiger partial charge is 0.387 e. The summed E-state index contributed by atoms with van der Waals surface area (Å²) in [6.45, 7) is 6.46. The smallest absolute Gasteiger partial charge is 0.0439 e. The third kappa shape index (κ3) is 4.02. The summed E-state index contributed by atoms with van der Waals surface area (Å²) in [4.78, 5) is 0. The highest BCUT2D eigenvalue weighted by atomic mass is 14.9. The van der Waals surface area contributed by atoms with Crippen molar-refractivity contribution in [1.29, 1.82) is 0 Å². The maximum atomic E-state index is 3.50. The summed E-state index contributed by atoms with van der Waals surface area (Å²) in [6, 6.07) is 5.11. The van der Waals surface area contributed by atoms with Gasteiger partial charge in [-0.2, -0.15) is 0 Å². The topological polar surface area (TPSA) is 24.1 Å². The molecule has 1 aliphatic rings. The van der Waals surface area contributed by atoms with E-state index in [4.69, 9.17) is 0 Å². The van der Waals surface area contributed by atoms with Gasteiger partial charge in [0.1, 0.15) is 0 Å². The molecular weight excluding hydrogens is 232 g/mol. The van der Waals surface area contributed by atoms with E-state index in [1.807, 2.05) is 6.20 Å². The molecule has 0 amide bonds. The van der Waals surface area contributed by atoms with Gasteiger partial charge in [-0.1, -0.05) is 37.0 Å². The Morgan fingerprint density at radius 1 is 0.947 bits per heavy atom. The second kappa shape index (κ2) is 6.65. The van der Waals surface area contributed by atoms with Crippen molar-refractivity contribution in [2.75, 3.05) is 5.32 Å². The highest BCUT2D eigenvalue weighted by Gasteiger charge is 2.10. The predicted octanol–water partition coefficient (Wildman–Crippen LogP) is 4.42. The number of benzene rings is 1. The molecule has 0 bridgehead atoms. The zero-order chi connectivity index (χ0) is 13.7. The van der Waals surface area contributed by atoms with E-state index in [1.54, 1.807) is 0 Å². The van der Waals surface area contributed by atoms with Gasteiger partial charge in [-0.05, 0) is 44.7 Å². The van der Waals surface area contributed by atoms with Crippen LogP contribution in [0, 0.1) is 20.8 Å². The van der Waals surface area contributed by atoms with Gasteiger partial charge in [-0.3, -0.25) is 0 Å². The summed E-state index contributed by atoms with van der Waals surface area (Å²) in [7, 11) is 0. The average Bonchev–Trinajstić information content (AvgIpc) is 2.38. The molecule has 0 unspecified atom stereocenters. The van der Waals surface area contributed by atoms with E-state index in [0.29, 0.717) is 6.04 Å². The van der Waals surface area contributed by atoms with E-state index in [2.05, 4.69) is 49.7 Å². The van der Waals surface area contributed by atoms with E-state index >= 15 is 0 Å². The first-order valence-electron chi connectivity index (χ1n) is 7.42. The van der Waals surface area contributed by atoms with E-state index in [-0.39, 0.29) is 0 Å². The number of aryl methyl sites for hydroxylation is 3. The van der Waals surface area contributed by atoms with Crippen LogP contribution >= 0.6 is 0 Å². The first-order chi connectivity index (χ1) is 9.16. The van der Waals surface area contributed by atoms with Gasteiger partial charge in [0.05, 0.1) is 0 Å². The quantitative estimate of drug-likeness (QED) is 0.835. The van der Waals surface area contributed by atoms with Crippen LogP contribution < -0.4 is 10.6 Å². The normalized spacial score (nSPS) is 16.8. The summed E-state index contributed by atoms with van der Waals surface area (Å²) in [5.74, 6) is 0. The highest BCUT2D eigenvalue weighted by molar-refractivity contribution is 5.59. The Morgan fingerprint density at radius 3 is 2.21 bits per heavy atom. The molecule has 0 aromatic heterocycles. The van der Waals surface area contributed by atoms with E-state index < -0.39 is 0 Å². The molecule has 1 aromatic rings. The van der Waals surface area contributed by atoms with Crippen LogP contribution in [-0.2, 0) is 0 Å². The molecule has 104 valence electrons. The zero-order valence-corrected chi connectivity index (χ0v) is 12.4. The molecule has 0 atom stereocenters. The number of anilines is 1. The second-order valence-electron chi connectivity index (χ2n) is 5.75. The standard InChI is InChI=1S/C17H26N2/c1-13-11-14(2)17(15(3)12-13)19-10-9-18-16-7-5-4-6-8-16/h9-12,16,18-19H,4-8H2,1-3H3/b10-9-. The number of hydrogen-bond donors (Lipinski definition) is 2. The first-order valence-corrected chi connectivity index (χ1v) is 7.42. The molecule has 19 heavy (non-hydrogen) atoms.